The number of hydrogen-bond donors (Lipinski definition) is 1. The van der Waals surface area contributed by atoms with Crippen LogP contribution in [-0.4, -0.2) is 37.6 Å². The Bertz CT molecular complexity index is 843. The number of nitrogens with zero attached hydrogens (tertiary/aromatic N) is 2. The van der Waals surface area contributed by atoms with Crippen molar-refractivity contribution < 1.29 is 14.3 Å². The Kier molecular flexibility index (Phi) is 7.85. The first-order valence-corrected chi connectivity index (χ1v) is 9.28. The summed E-state index contributed by atoms with van der Waals surface area (Å²) in [7, 11) is 3.40. The van der Waals surface area contributed by atoms with E-state index in [1.54, 1.807) is 27.1 Å². The molecule has 1 unspecified atom stereocenters. The summed E-state index contributed by atoms with van der Waals surface area (Å²) in [5.74, 6) is 1.06. The molecule has 0 aliphatic heterocycles. The zero-order valence-electron chi connectivity index (χ0n) is 16.9. The molecule has 2 rings (SSSR count). The van der Waals surface area contributed by atoms with Crippen LogP contribution in [0.1, 0.15) is 30.5 Å². The number of nitrogens with one attached hydrogen (secondary N) is 1. The summed E-state index contributed by atoms with van der Waals surface area (Å²) in [6.45, 7) is 5.44. The Balaban J connectivity index is 2.02. The maximum Gasteiger partial charge on any atom is 0.262 e. The molecule has 0 bridgehead atoms. The van der Waals surface area contributed by atoms with Crippen molar-refractivity contribution in [3.63, 3.8) is 0 Å². The van der Waals surface area contributed by atoms with Gasteiger partial charge in [-0.3, -0.25) is 4.79 Å². The molecule has 0 aromatic heterocycles. The van der Waals surface area contributed by atoms with Gasteiger partial charge in [-0.25, -0.2) is 0 Å². The third-order valence-electron chi connectivity index (χ3n) is 4.11. The minimum absolute atomic E-state index is 0.104. The summed E-state index contributed by atoms with van der Waals surface area (Å²) < 4.78 is 11.5. The van der Waals surface area contributed by atoms with Gasteiger partial charge in [0.25, 0.3) is 5.91 Å². The van der Waals surface area contributed by atoms with Crippen LogP contribution in [0.4, 0.5) is 0 Å². The van der Waals surface area contributed by atoms with Crippen molar-refractivity contribution in [1.29, 1.82) is 5.26 Å². The Morgan fingerprint density at radius 2 is 1.86 bits per heavy atom. The van der Waals surface area contributed by atoms with Crippen LogP contribution in [0.25, 0.3) is 0 Å². The standard InChI is InChI=1S/C22H27N3O3/c1-5-27-21-12-19(9-10-20(21)28-16(2)22(26)25(3)4)15-24-14-18-8-6-7-17(11-18)13-23/h6-12,16,24H,5,14-15H2,1-4H3. The van der Waals surface area contributed by atoms with Crippen molar-refractivity contribution in [3.05, 3.63) is 59.2 Å². The fourth-order valence-electron chi connectivity index (χ4n) is 2.73. The number of carbonyl (C=O) groups is 1. The van der Waals surface area contributed by atoms with Crippen LogP contribution >= 0.6 is 0 Å². The van der Waals surface area contributed by atoms with E-state index in [0.29, 0.717) is 36.8 Å². The third kappa shape index (κ3) is 6.00. The molecule has 0 heterocycles. The molecule has 2 aromatic carbocycles. The third-order valence-corrected chi connectivity index (χ3v) is 4.11. The average molecular weight is 381 g/mol. The molecule has 148 valence electrons. The van der Waals surface area contributed by atoms with Gasteiger partial charge in [-0.05, 0) is 49.2 Å². The number of nitriles is 1. The van der Waals surface area contributed by atoms with E-state index < -0.39 is 6.10 Å². The normalized spacial score (nSPS) is 11.4. The fourth-order valence-corrected chi connectivity index (χ4v) is 2.73. The van der Waals surface area contributed by atoms with E-state index in [9.17, 15) is 4.79 Å². The lowest BCUT2D eigenvalue weighted by atomic mass is 10.1. The van der Waals surface area contributed by atoms with Crippen molar-refractivity contribution in [1.82, 2.24) is 10.2 Å². The van der Waals surface area contributed by atoms with Gasteiger partial charge in [-0.2, -0.15) is 5.26 Å². The highest BCUT2D eigenvalue weighted by Crippen LogP contribution is 2.29. The van der Waals surface area contributed by atoms with Gasteiger partial charge >= 0.3 is 0 Å². The molecule has 1 atom stereocenters. The summed E-state index contributed by atoms with van der Waals surface area (Å²) in [6.07, 6.45) is -0.592. The van der Waals surface area contributed by atoms with Crippen molar-refractivity contribution in [2.45, 2.75) is 33.0 Å². The van der Waals surface area contributed by atoms with E-state index in [-0.39, 0.29) is 5.91 Å². The van der Waals surface area contributed by atoms with Crippen LogP contribution in [0.15, 0.2) is 42.5 Å². The lowest BCUT2D eigenvalue weighted by Gasteiger charge is -2.20. The van der Waals surface area contributed by atoms with Crippen LogP contribution in [0, 0.1) is 11.3 Å². The number of ether oxygens (including phenoxy) is 2. The zero-order valence-corrected chi connectivity index (χ0v) is 16.9. The molecule has 0 saturated heterocycles. The molecule has 0 saturated carbocycles. The molecule has 1 N–H and O–H groups in total. The predicted octanol–water partition coefficient (Wildman–Crippen LogP) is 3.10. The molecule has 2 aromatic rings. The van der Waals surface area contributed by atoms with Crippen LogP contribution in [0.3, 0.4) is 0 Å². The first kappa shape index (κ1) is 21.3. The summed E-state index contributed by atoms with van der Waals surface area (Å²) in [5, 5.41) is 12.3. The average Bonchev–Trinajstić information content (AvgIpc) is 2.69. The number of amides is 1. The summed E-state index contributed by atoms with van der Waals surface area (Å²) >= 11 is 0. The quantitative estimate of drug-likeness (QED) is 0.722. The first-order valence-electron chi connectivity index (χ1n) is 9.28. The van der Waals surface area contributed by atoms with Gasteiger partial charge in [0, 0.05) is 27.2 Å². The van der Waals surface area contributed by atoms with E-state index in [0.717, 1.165) is 11.1 Å². The monoisotopic (exact) mass is 381 g/mol. The summed E-state index contributed by atoms with van der Waals surface area (Å²) in [5.41, 5.74) is 2.75. The van der Waals surface area contributed by atoms with Gasteiger partial charge in [0.15, 0.2) is 17.6 Å². The highest BCUT2D eigenvalue weighted by atomic mass is 16.5. The maximum atomic E-state index is 12.0. The van der Waals surface area contributed by atoms with Gasteiger partial charge in [-0.1, -0.05) is 18.2 Å². The minimum atomic E-state index is -0.592. The number of rotatable bonds is 9. The highest BCUT2D eigenvalue weighted by molar-refractivity contribution is 5.80. The molecule has 0 aliphatic carbocycles. The summed E-state index contributed by atoms with van der Waals surface area (Å²) in [4.78, 5) is 13.5. The van der Waals surface area contributed by atoms with Crippen molar-refractivity contribution >= 4 is 5.91 Å². The van der Waals surface area contributed by atoms with Crippen LogP contribution < -0.4 is 14.8 Å². The fraction of sp³-hybridized carbons (Fsp3) is 0.364. The molecule has 6 nitrogen and oxygen atoms in total. The molecule has 1 amide bonds. The van der Waals surface area contributed by atoms with E-state index in [1.807, 2.05) is 43.3 Å². The van der Waals surface area contributed by atoms with E-state index in [1.165, 1.54) is 4.90 Å². The van der Waals surface area contributed by atoms with E-state index >= 15 is 0 Å². The number of benzene rings is 2. The van der Waals surface area contributed by atoms with Crippen LogP contribution in [0.2, 0.25) is 0 Å². The second-order valence-electron chi connectivity index (χ2n) is 6.62. The Morgan fingerprint density at radius 1 is 1.14 bits per heavy atom. The Labute approximate surface area is 166 Å². The highest BCUT2D eigenvalue weighted by Gasteiger charge is 2.18. The van der Waals surface area contributed by atoms with Crippen molar-refractivity contribution in [3.8, 4) is 17.6 Å². The topological polar surface area (TPSA) is 74.6 Å². The van der Waals surface area contributed by atoms with Crippen molar-refractivity contribution in [2.75, 3.05) is 20.7 Å². The van der Waals surface area contributed by atoms with Crippen molar-refractivity contribution in [2.24, 2.45) is 0 Å². The molecule has 28 heavy (non-hydrogen) atoms. The van der Waals surface area contributed by atoms with Crippen LogP contribution in [0.5, 0.6) is 11.5 Å². The van der Waals surface area contributed by atoms with Gasteiger partial charge in [0.05, 0.1) is 18.2 Å². The Morgan fingerprint density at radius 3 is 2.50 bits per heavy atom. The molecule has 6 heteroatoms. The van der Waals surface area contributed by atoms with Gasteiger partial charge in [0.2, 0.25) is 0 Å². The lowest BCUT2D eigenvalue weighted by molar-refractivity contribution is -0.135. The summed E-state index contributed by atoms with van der Waals surface area (Å²) in [6, 6.07) is 15.4. The van der Waals surface area contributed by atoms with Gasteiger partial charge in [-0.15, -0.1) is 0 Å². The molecule has 0 fully saturated rings. The largest absolute Gasteiger partial charge is 0.490 e. The number of hydrogen-bond acceptors (Lipinski definition) is 5. The Hall–Kier alpha value is -3.04. The smallest absolute Gasteiger partial charge is 0.262 e. The lowest BCUT2D eigenvalue weighted by Crippen LogP contribution is -2.35. The van der Waals surface area contributed by atoms with Gasteiger partial charge in [0.1, 0.15) is 0 Å². The molecular formula is C22H27N3O3. The number of likely N-dealkylation sites (N-methyl/N-ethyl adjacent to an activating group) is 1. The second kappa shape index (κ2) is 10.3. The SMILES string of the molecule is CCOc1cc(CNCc2cccc(C#N)c2)ccc1OC(C)C(=O)N(C)C. The zero-order chi connectivity index (χ0) is 20.5. The van der Waals surface area contributed by atoms with E-state index in [4.69, 9.17) is 14.7 Å². The first-order chi connectivity index (χ1) is 13.4. The van der Waals surface area contributed by atoms with Gasteiger partial charge < -0.3 is 19.7 Å². The minimum Gasteiger partial charge on any atom is -0.490 e. The molecule has 0 radical (unpaired) electrons. The number of carbonyl (C=O) groups excluding carboxylic acids is 1. The molecule has 0 spiro atoms. The molecular weight excluding hydrogens is 354 g/mol. The van der Waals surface area contributed by atoms with E-state index in [2.05, 4.69) is 11.4 Å². The maximum absolute atomic E-state index is 12.0. The predicted molar refractivity (Wildman–Crippen MR) is 108 cm³/mol. The second-order valence-corrected chi connectivity index (χ2v) is 6.62. The van der Waals surface area contributed by atoms with Crippen LogP contribution in [-0.2, 0) is 17.9 Å². The molecule has 0 aliphatic rings.